The minimum absolute atomic E-state index is 0.0288. The number of carbonyl (C=O) groups is 4. The molecule has 1 aromatic heterocycles. The number of allylic oxidation sites excluding steroid dienone is 1. The van der Waals surface area contributed by atoms with Gasteiger partial charge in [0.05, 0.1) is 29.1 Å². The third-order valence-electron chi connectivity index (χ3n) is 13.3. The van der Waals surface area contributed by atoms with Crippen molar-refractivity contribution in [2.24, 2.45) is 5.92 Å². The average Bonchev–Trinajstić information content (AvgIpc) is 3.86. The van der Waals surface area contributed by atoms with Crippen molar-refractivity contribution in [2.45, 2.75) is 144 Å². The predicted molar refractivity (Wildman–Crippen MR) is 220 cm³/mol. The molecule has 5 unspecified atom stereocenters. The first-order chi connectivity index (χ1) is 29.1. The summed E-state index contributed by atoms with van der Waals surface area (Å²) in [5, 5.41) is 6.08. The lowest BCUT2D eigenvalue weighted by molar-refractivity contribution is -0.244. The SMILES string of the molecule is COCCOc1ccc2nc(C)c3c(c2c1)CCC1(CC2C(=O)NC4(C(=O)NS(=O)(=O)C5(C)CC5)CCC4C=CCCCCCC(NC(=O)OC(C)(C)C(F)(F)F)C(=O)N2C1)O3. The summed E-state index contributed by atoms with van der Waals surface area (Å²) in [7, 11) is -2.52. The number of benzene rings is 1. The number of aromatic nitrogens is 1. The fourth-order valence-corrected chi connectivity index (χ4v) is 10.1. The van der Waals surface area contributed by atoms with Crippen LogP contribution >= 0.6 is 0 Å². The zero-order valence-corrected chi connectivity index (χ0v) is 36.6. The van der Waals surface area contributed by atoms with Gasteiger partial charge in [-0.1, -0.05) is 25.0 Å². The number of sulfonamides is 1. The number of hydrogen-bond acceptors (Lipinski definition) is 11. The lowest BCUT2D eigenvalue weighted by atomic mass is 9.65. The number of pyridine rings is 1. The van der Waals surface area contributed by atoms with Crippen molar-refractivity contribution in [1.29, 1.82) is 0 Å². The number of carbonyl (C=O) groups excluding carboxylic acids is 4. The highest BCUT2D eigenvalue weighted by Gasteiger charge is 2.60. The van der Waals surface area contributed by atoms with Crippen LogP contribution in [0.25, 0.3) is 10.9 Å². The molecule has 1 aromatic carbocycles. The van der Waals surface area contributed by atoms with Gasteiger partial charge in [-0.25, -0.2) is 18.2 Å². The second-order valence-electron chi connectivity index (χ2n) is 18.1. The number of nitrogens with one attached hydrogen (secondary N) is 3. The number of methoxy groups -OCH3 is 1. The van der Waals surface area contributed by atoms with Gasteiger partial charge in [-0.05, 0) is 104 Å². The molecule has 0 bridgehead atoms. The van der Waals surface area contributed by atoms with E-state index in [0.29, 0.717) is 108 Å². The van der Waals surface area contributed by atoms with Crippen LogP contribution in [0.2, 0.25) is 0 Å². The molecule has 3 aliphatic heterocycles. The van der Waals surface area contributed by atoms with E-state index in [4.69, 9.17) is 23.9 Å². The number of nitrogens with zero attached hydrogens (tertiary/aromatic N) is 2. The van der Waals surface area contributed by atoms with Crippen molar-refractivity contribution in [1.82, 2.24) is 25.2 Å². The summed E-state index contributed by atoms with van der Waals surface area (Å²) >= 11 is 0. The first-order valence-electron chi connectivity index (χ1n) is 21.3. The maximum Gasteiger partial charge on any atom is 0.427 e. The van der Waals surface area contributed by atoms with Crippen LogP contribution in [0, 0.1) is 12.8 Å². The standard InChI is InChI=1S/C43H56F3N5O10S/c1-26-34-29(30-23-28(59-22-21-58-5)13-14-31(30)47-26)16-17-41(60-34)24-33-35(52)49-42(37(54)50-62(56,57)40(4)19-20-40)18-15-27(42)11-9-7-6-8-10-12-32(36(53)51(33)25-41)48-38(55)61-39(2,3)43(44,45)46/h9,11,13-14,23,27,32-33H,6-8,10,12,15-22,24-25H2,1-5H3,(H,48,55)(H,49,52)(H,50,54). The minimum Gasteiger partial charge on any atom is -0.491 e. The third-order valence-corrected chi connectivity index (χ3v) is 15.5. The van der Waals surface area contributed by atoms with Crippen molar-refractivity contribution in [3.63, 3.8) is 0 Å². The molecule has 62 heavy (non-hydrogen) atoms. The Morgan fingerprint density at radius 3 is 2.50 bits per heavy atom. The van der Waals surface area contributed by atoms with E-state index in [1.165, 1.54) is 4.90 Å². The van der Waals surface area contributed by atoms with Crippen LogP contribution in [0.4, 0.5) is 18.0 Å². The molecule has 0 radical (unpaired) electrons. The van der Waals surface area contributed by atoms with E-state index in [2.05, 4.69) is 15.4 Å². The van der Waals surface area contributed by atoms with Crippen molar-refractivity contribution in [3.05, 3.63) is 41.6 Å². The molecule has 4 heterocycles. The van der Waals surface area contributed by atoms with Crippen LogP contribution in [0.3, 0.4) is 0 Å². The van der Waals surface area contributed by atoms with Crippen LogP contribution < -0.4 is 24.8 Å². The number of hydrogen-bond donors (Lipinski definition) is 3. The fraction of sp³-hybridized carbons (Fsp3) is 0.651. The van der Waals surface area contributed by atoms with Gasteiger partial charge in [0.2, 0.25) is 27.4 Å². The Morgan fingerprint density at radius 2 is 1.82 bits per heavy atom. The van der Waals surface area contributed by atoms with E-state index in [-0.39, 0.29) is 25.8 Å². The maximum absolute atomic E-state index is 14.9. The van der Waals surface area contributed by atoms with Gasteiger partial charge < -0.3 is 34.5 Å². The maximum atomic E-state index is 14.9. The van der Waals surface area contributed by atoms with Gasteiger partial charge in [0.15, 0.2) is 0 Å². The topological polar surface area (TPSA) is 192 Å². The van der Waals surface area contributed by atoms with Crippen LogP contribution in [-0.2, 0) is 40.3 Å². The lowest BCUT2D eigenvalue weighted by Crippen LogP contribution is -2.70. The summed E-state index contributed by atoms with van der Waals surface area (Å²) in [6.07, 6.45) is 1.64. The number of halogens is 3. The summed E-state index contributed by atoms with van der Waals surface area (Å²) in [4.78, 5) is 63.1. The molecule has 340 valence electrons. The summed E-state index contributed by atoms with van der Waals surface area (Å²) < 4.78 is 91.8. The molecule has 1 spiro atoms. The van der Waals surface area contributed by atoms with Crippen LogP contribution in [-0.4, -0.2) is 109 Å². The largest absolute Gasteiger partial charge is 0.491 e. The summed E-state index contributed by atoms with van der Waals surface area (Å²) in [5.41, 5.74) is -3.57. The lowest BCUT2D eigenvalue weighted by Gasteiger charge is -2.48. The number of rotatable bonds is 9. The molecule has 2 aromatic rings. The molecule has 4 amide bonds. The normalized spacial score (nSPS) is 27.6. The van der Waals surface area contributed by atoms with E-state index in [0.717, 1.165) is 10.9 Å². The smallest absolute Gasteiger partial charge is 0.427 e. The molecular formula is C43H56F3N5O10S. The Kier molecular flexibility index (Phi) is 12.3. The molecule has 1 saturated heterocycles. The molecule has 15 nitrogen and oxygen atoms in total. The molecule has 5 atom stereocenters. The second-order valence-corrected chi connectivity index (χ2v) is 20.3. The van der Waals surface area contributed by atoms with Gasteiger partial charge in [-0.2, -0.15) is 13.2 Å². The second kappa shape index (κ2) is 16.8. The first-order valence-corrected chi connectivity index (χ1v) is 22.8. The molecule has 2 saturated carbocycles. The van der Waals surface area contributed by atoms with Crippen molar-refractivity contribution >= 4 is 44.7 Å². The number of amides is 4. The third kappa shape index (κ3) is 8.79. The summed E-state index contributed by atoms with van der Waals surface area (Å²) in [5.74, 6) is -1.83. The van der Waals surface area contributed by atoms with Crippen molar-refractivity contribution in [3.8, 4) is 11.5 Å². The first kappa shape index (κ1) is 45.4. The van der Waals surface area contributed by atoms with Gasteiger partial charge in [-0.15, -0.1) is 0 Å². The minimum atomic E-state index is -4.91. The Bertz CT molecular complexity index is 2250. The Labute approximate surface area is 359 Å². The van der Waals surface area contributed by atoms with Crippen LogP contribution in [0.15, 0.2) is 30.4 Å². The van der Waals surface area contributed by atoms with E-state index in [1.807, 2.05) is 30.4 Å². The summed E-state index contributed by atoms with van der Waals surface area (Å²) in [6.45, 7) is 5.32. The van der Waals surface area contributed by atoms with Crippen LogP contribution in [0.1, 0.15) is 103 Å². The van der Waals surface area contributed by atoms with E-state index in [1.54, 1.807) is 21.0 Å². The predicted octanol–water partition coefficient (Wildman–Crippen LogP) is 5.45. The Morgan fingerprint density at radius 1 is 1.06 bits per heavy atom. The van der Waals surface area contributed by atoms with Gasteiger partial charge in [0.25, 0.3) is 5.91 Å². The quantitative estimate of drug-likeness (QED) is 0.214. The molecule has 7 rings (SSSR count). The Balaban J connectivity index is 1.24. The van der Waals surface area contributed by atoms with E-state index >= 15 is 0 Å². The molecule has 3 fully saturated rings. The molecular weight excluding hydrogens is 836 g/mol. The van der Waals surface area contributed by atoms with Crippen molar-refractivity contribution in [2.75, 3.05) is 26.9 Å². The van der Waals surface area contributed by atoms with Crippen LogP contribution in [0.5, 0.6) is 11.5 Å². The van der Waals surface area contributed by atoms with Gasteiger partial charge in [-0.3, -0.25) is 19.1 Å². The summed E-state index contributed by atoms with van der Waals surface area (Å²) in [6, 6.07) is 2.85. The zero-order valence-electron chi connectivity index (χ0n) is 35.7. The zero-order chi connectivity index (χ0) is 44.9. The highest BCUT2D eigenvalue weighted by Crippen LogP contribution is 2.47. The molecule has 19 heteroatoms. The van der Waals surface area contributed by atoms with E-state index in [9.17, 15) is 40.8 Å². The highest BCUT2D eigenvalue weighted by atomic mass is 32.2. The number of aryl methyl sites for hydroxylation is 2. The van der Waals surface area contributed by atoms with Gasteiger partial charge in [0, 0.05) is 30.4 Å². The molecule has 2 aliphatic carbocycles. The highest BCUT2D eigenvalue weighted by molar-refractivity contribution is 7.91. The number of alkyl halides is 3. The average molecular weight is 892 g/mol. The van der Waals surface area contributed by atoms with Crippen molar-refractivity contribution < 1.29 is 59.7 Å². The fourth-order valence-electron chi connectivity index (χ4n) is 8.84. The number of ether oxygens (including phenoxy) is 4. The van der Waals surface area contributed by atoms with Gasteiger partial charge >= 0.3 is 12.3 Å². The van der Waals surface area contributed by atoms with E-state index < -0.39 is 79.5 Å². The Hall–Kier alpha value is -4.65. The number of fused-ring (bicyclic) bond motifs is 5. The number of alkyl carbamates (subject to hydrolysis) is 1. The molecule has 3 N–H and O–H groups in total. The molecule has 5 aliphatic rings. The monoisotopic (exact) mass is 891 g/mol. The van der Waals surface area contributed by atoms with Gasteiger partial charge in [0.1, 0.15) is 41.3 Å².